The lowest BCUT2D eigenvalue weighted by Crippen LogP contribution is -2.03. The summed E-state index contributed by atoms with van der Waals surface area (Å²) < 4.78 is 40.1. The van der Waals surface area contributed by atoms with E-state index < -0.39 is 15.8 Å². The molecular weight excluding hydrogens is 349 g/mol. The van der Waals surface area contributed by atoms with Crippen LogP contribution in [0.4, 0.5) is 4.39 Å². The lowest BCUT2D eigenvalue weighted by molar-refractivity contribution is 0.587. The summed E-state index contributed by atoms with van der Waals surface area (Å²) in [6.07, 6.45) is 4.12. The highest BCUT2D eigenvalue weighted by atomic mass is 32.2. The molecule has 8 heteroatoms. The molecule has 0 amide bonds. The fourth-order valence-electron chi connectivity index (χ4n) is 2.27. The molecule has 0 saturated carbocycles. The summed E-state index contributed by atoms with van der Waals surface area (Å²) >= 11 is 1.12. The second kappa shape index (κ2) is 6.76. The Morgan fingerprint density at radius 3 is 2.67 bits per heavy atom. The molecule has 0 fully saturated rings. The summed E-state index contributed by atoms with van der Waals surface area (Å²) in [5, 5.41) is 2.98. The van der Waals surface area contributed by atoms with E-state index in [2.05, 4.69) is 15.3 Å². The van der Waals surface area contributed by atoms with E-state index in [4.69, 9.17) is 0 Å². The first-order chi connectivity index (χ1) is 11.5. The van der Waals surface area contributed by atoms with Gasteiger partial charge in [-0.2, -0.15) is 4.39 Å². The van der Waals surface area contributed by atoms with Gasteiger partial charge in [-0.25, -0.2) is 13.4 Å². The van der Waals surface area contributed by atoms with Crippen LogP contribution in [0.15, 0.2) is 58.0 Å². The van der Waals surface area contributed by atoms with E-state index in [0.29, 0.717) is 12.1 Å². The highest BCUT2D eigenvalue weighted by Gasteiger charge is 2.27. The molecule has 0 unspecified atom stereocenters. The lowest BCUT2D eigenvalue weighted by Gasteiger charge is -2.06. The van der Waals surface area contributed by atoms with Gasteiger partial charge >= 0.3 is 0 Å². The van der Waals surface area contributed by atoms with Crippen LogP contribution in [0.1, 0.15) is 4.88 Å². The molecule has 0 spiro atoms. The second-order valence-corrected chi connectivity index (χ2v) is 8.26. The number of hydrogen-bond acceptors (Lipinski definition) is 6. The largest absolute Gasteiger partial charge is 0.315 e. The quantitative estimate of drug-likeness (QED) is 0.706. The van der Waals surface area contributed by atoms with Crippen LogP contribution in [-0.2, 0) is 16.4 Å². The SMILES string of the molecule is CNCc1cc(-c2cccnc2F)c(S(=O)(=O)c2cccnc2)s1. The van der Waals surface area contributed by atoms with E-state index in [1.807, 2.05) is 0 Å². The zero-order valence-corrected chi connectivity index (χ0v) is 14.4. The average Bonchev–Trinajstić information content (AvgIpc) is 3.01. The first kappa shape index (κ1) is 16.7. The van der Waals surface area contributed by atoms with E-state index in [0.717, 1.165) is 16.2 Å². The summed E-state index contributed by atoms with van der Waals surface area (Å²) in [7, 11) is -2.03. The standard InChI is InChI=1S/C16H14FN3O2S2/c1-18-9-11-8-14(13-5-3-7-20-15(13)17)16(23-11)24(21,22)12-4-2-6-19-10-12/h2-8,10,18H,9H2,1H3. The van der Waals surface area contributed by atoms with E-state index in [-0.39, 0.29) is 14.7 Å². The molecule has 0 radical (unpaired) electrons. The molecule has 3 aromatic rings. The Bertz CT molecular complexity index is 956. The summed E-state index contributed by atoms with van der Waals surface area (Å²) in [5.74, 6) is -0.700. The minimum Gasteiger partial charge on any atom is -0.315 e. The number of rotatable bonds is 5. The van der Waals surface area contributed by atoms with Gasteiger partial charge in [0.2, 0.25) is 15.8 Å². The Hall–Kier alpha value is -2.16. The minimum absolute atomic E-state index is 0.0772. The van der Waals surface area contributed by atoms with Crippen molar-refractivity contribution in [2.75, 3.05) is 7.05 Å². The van der Waals surface area contributed by atoms with Gasteiger partial charge in [-0.3, -0.25) is 4.98 Å². The third-order valence-electron chi connectivity index (χ3n) is 3.34. The number of halogens is 1. The van der Waals surface area contributed by atoms with Gasteiger partial charge in [0.25, 0.3) is 0 Å². The molecule has 0 atom stereocenters. The Kier molecular flexibility index (Phi) is 4.70. The predicted octanol–water partition coefficient (Wildman–Crippen LogP) is 2.90. The number of aromatic nitrogens is 2. The predicted molar refractivity (Wildman–Crippen MR) is 90.0 cm³/mol. The van der Waals surface area contributed by atoms with Gasteiger partial charge < -0.3 is 5.32 Å². The average molecular weight is 363 g/mol. The zero-order chi connectivity index (χ0) is 17.2. The Morgan fingerprint density at radius 2 is 2.00 bits per heavy atom. The maximum absolute atomic E-state index is 14.1. The number of sulfone groups is 1. The molecule has 3 aromatic heterocycles. The number of thiophene rings is 1. The fourth-order valence-corrected chi connectivity index (χ4v) is 5.36. The summed E-state index contributed by atoms with van der Waals surface area (Å²) in [4.78, 5) is 8.36. The molecule has 3 heterocycles. The number of nitrogens with one attached hydrogen (secondary N) is 1. The molecule has 1 N–H and O–H groups in total. The van der Waals surface area contributed by atoms with Gasteiger partial charge in [-0.1, -0.05) is 0 Å². The van der Waals surface area contributed by atoms with Crippen LogP contribution in [0.5, 0.6) is 0 Å². The summed E-state index contributed by atoms with van der Waals surface area (Å²) in [6, 6.07) is 7.82. The number of nitrogens with zero attached hydrogens (tertiary/aromatic N) is 2. The lowest BCUT2D eigenvalue weighted by atomic mass is 10.1. The molecule has 0 bridgehead atoms. The Labute approximate surface area is 143 Å². The third kappa shape index (κ3) is 3.08. The van der Waals surface area contributed by atoms with Crippen molar-refractivity contribution in [2.24, 2.45) is 0 Å². The third-order valence-corrected chi connectivity index (χ3v) is 6.75. The first-order valence-corrected chi connectivity index (χ1v) is 9.37. The highest BCUT2D eigenvalue weighted by molar-refractivity contribution is 7.93. The van der Waals surface area contributed by atoms with Crippen molar-refractivity contribution in [1.29, 1.82) is 0 Å². The molecule has 0 aliphatic heterocycles. The van der Waals surface area contributed by atoms with Crippen LogP contribution in [0.25, 0.3) is 11.1 Å². The van der Waals surface area contributed by atoms with E-state index in [1.165, 1.54) is 30.7 Å². The van der Waals surface area contributed by atoms with Crippen molar-refractivity contribution in [3.8, 4) is 11.1 Å². The van der Waals surface area contributed by atoms with Crippen molar-refractivity contribution in [3.63, 3.8) is 0 Å². The first-order valence-electron chi connectivity index (χ1n) is 7.07. The topological polar surface area (TPSA) is 72.0 Å². The molecule has 0 aliphatic carbocycles. The van der Waals surface area contributed by atoms with Crippen molar-refractivity contribution in [2.45, 2.75) is 15.6 Å². The molecular formula is C16H14FN3O2S2. The Morgan fingerprint density at radius 1 is 1.21 bits per heavy atom. The molecule has 124 valence electrons. The monoisotopic (exact) mass is 363 g/mol. The fraction of sp³-hybridized carbons (Fsp3) is 0.125. The zero-order valence-electron chi connectivity index (χ0n) is 12.7. The van der Waals surface area contributed by atoms with Gasteiger partial charge in [-0.05, 0) is 37.4 Å². The molecule has 24 heavy (non-hydrogen) atoms. The van der Waals surface area contributed by atoms with Gasteiger partial charge in [-0.15, -0.1) is 11.3 Å². The molecule has 0 aliphatic rings. The van der Waals surface area contributed by atoms with Crippen LogP contribution in [0.3, 0.4) is 0 Å². The highest BCUT2D eigenvalue weighted by Crippen LogP contribution is 2.38. The van der Waals surface area contributed by atoms with Crippen LogP contribution >= 0.6 is 11.3 Å². The van der Waals surface area contributed by atoms with E-state index >= 15 is 0 Å². The van der Waals surface area contributed by atoms with Crippen molar-refractivity contribution in [1.82, 2.24) is 15.3 Å². The number of pyridine rings is 2. The molecule has 0 aromatic carbocycles. The van der Waals surface area contributed by atoms with Crippen LogP contribution in [0.2, 0.25) is 0 Å². The van der Waals surface area contributed by atoms with Crippen LogP contribution in [-0.4, -0.2) is 25.4 Å². The summed E-state index contributed by atoms with van der Waals surface area (Å²) in [6.45, 7) is 0.488. The molecule has 3 rings (SSSR count). The van der Waals surface area contributed by atoms with Crippen molar-refractivity contribution < 1.29 is 12.8 Å². The van der Waals surface area contributed by atoms with Crippen molar-refractivity contribution in [3.05, 3.63) is 59.7 Å². The smallest absolute Gasteiger partial charge is 0.220 e. The van der Waals surface area contributed by atoms with E-state index in [9.17, 15) is 12.8 Å². The van der Waals surface area contributed by atoms with Gasteiger partial charge in [0.05, 0.1) is 4.90 Å². The van der Waals surface area contributed by atoms with Gasteiger partial charge in [0.1, 0.15) is 4.21 Å². The maximum Gasteiger partial charge on any atom is 0.220 e. The molecule has 5 nitrogen and oxygen atoms in total. The summed E-state index contributed by atoms with van der Waals surface area (Å²) in [5.41, 5.74) is 0.485. The normalized spacial score (nSPS) is 11.6. The maximum atomic E-state index is 14.1. The van der Waals surface area contributed by atoms with Gasteiger partial charge in [0.15, 0.2) is 0 Å². The number of hydrogen-bond donors (Lipinski definition) is 1. The Balaban J connectivity index is 2.23. The van der Waals surface area contributed by atoms with Gasteiger partial charge in [0, 0.05) is 41.1 Å². The van der Waals surface area contributed by atoms with Crippen molar-refractivity contribution >= 4 is 21.2 Å². The minimum atomic E-state index is -3.80. The van der Waals surface area contributed by atoms with Crippen LogP contribution in [0, 0.1) is 5.95 Å². The second-order valence-electron chi connectivity index (χ2n) is 4.98. The van der Waals surface area contributed by atoms with Crippen LogP contribution < -0.4 is 5.32 Å². The van der Waals surface area contributed by atoms with E-state index in [1.54, 1.807) is 25.2 Å². The molecule has 0 saturated heterocycles.